The van der Waals surface area contributed by atoms with Crippen LogP contribution in [0.4, 0.5) is 18.9 Å². The molecule has 0 saturated heterocycles. The minimum atomic E-state index is -4.32. The number of benzene rings is 1. The summed E-state index contributed by atoms with van der Waals surface area (Å²) in [6.45, 7) is 10.6. The molecule has 108 valence electrons. The van der Waals surface area contributed by atoms with Gasteiger partial charge in [-0.15, -0.1) is 0 Å². The summed E-state index contributed by atoms with van der Waals surface area (Å²) in [5.74, 6) is 0. The van der Waals surface area contributed by atoms with E-state index in [1.807, 2.05) is 34.6 Å². The monoisotopic (exact) mass is 273 g/mol. The van der Waals surface area contributed by atoms with Crippen LogP contribution < -0.4 is 4.90 Å². The van der Waals surface area contributed by atoms with Crippen molar-refractivity contribution >= 4 is 5.69 Å². The van der Waals surface area contributed by atoms with Crippen LogP contribution in [0, 0.1) is 0 Å². The van der Waals surface area contributed by atoms with Crippen LogP contribution in [0.25, 0.3) is 0 Å². The van der Waals surface area contributed by atoms with Gasteiger partial charge in [0.15, 0.2) is 0 Å². The molecule has 0 heterocycles. The van der Waals surface area contributed by atoms with Crippen molar-refractivity contribution in [2.45, 2.75) is 46.2 Å². The third kappa shape index (κ3) is 3.64. The van der Waals surface area contributed by atoms with Crippen molar-refractivity contribution in [3.05, 3.63) is 29.3 Å². The highest BCUT2D eigenvalue weighted by molar-refractivity contribution is 5.57. The van der Waals surface area contributed by atoms with Crippen LogP contribution in [0.1, 0.15) is 45.7 Å². The fourth-order valence-electron chi connectivity index (χ4n) is 2.07. The van der Waals surface area contributed by atoms with Crippen LogP contribution in [-0.2, 0) is 11.6 Å². The topological polar surface area (TPSA) is 3.24 Å². The molecule has 0 spiro atoms. The van der Waals surface area contributed by atoms with Gasteiger partial charge in [-0.25, -0.2) is 0 Å². The van der Waals surface area contributed by atoms with Crippen molar-refractivity contribution in [1.82, 2.24) is 0 Å². The molecule has 4 heteroatoms. The third-order valence-electron chi connectivity index (χ3n) is 3.27. The SMILES string of the molecule is CCN(CC)c1ccc(C(C)(C)C)cc1C(F)(F)F. The molecule has 0 radical (unpaired) electrons. The van der Waals surface area contributed by atoms with Crippen molar-refractivity contribution < 1.29 is 13.2 Å². The molecule has 0 saturated carbocycles. The predicted octanol–water partition coefficient (Wildman–Crippen LogP) is 4.85. The smallest absolute Gasteiger partial charge is 0.372 e. The minimum absolute atomic E-state index is 0.269. The van der Waals surface area contributed by atoms with E-state index in [0.29, 0.717) is 18.7 Å². The Morgan fingerprint density at radius 3 is 1.89 bits per heavy atom. The molecule has 0 aliphatic rings. The summed E-state index contributed by atoms with van der Waals surface area (Å²) in [4.78, 5) is 1.73. The standard InChI is InChI=1S/C15H22F3N/c1-6-19(7-2)13-9-8-11(14(3,4)5)10-12(13)15(16,17)18/h8-10H,6-7H2,1-5H3. The maximum Gasteiger partial charge on any atom is 0.418 e. The maximum absolute atomic E-state index is 13.2. The Morgan fingerprint density at radius 2 is 1.53 bits per heavy atom. The first-order valence-corrected chi connectivity index (χ1v) is 6.58. The lowest BCUT2D eigenvalue weighted by Gasteiger charge is -2.28. The quantitative estimate of drug-likeness (QED) is 0.761. The molecule has 1 aromatic carbocycles. The van der Waals surface area contributed by atoms with Crippen molar-refractivity contribution in [2.75, 3.05) is 18.0 Å². The van der Waals surface area contributed by atoms with E-state index in [-0.39, 0.29) is 11.1 Å². The van der Waals surface area contributed by atoms with Crippen molar-refractivity contribution in [3.8, 4) is 0 Å². The lowest BCUT2D eigenvalue weighted by molar-refractivity contribution is -0.137. The third-order valence-corrected chi connectivity index (χ3v) is 3.27. The number of halogens is 3. The molecule has 0 aliphatic carbocycles. The van der Waals surface area contributed by atoms with Gasteiger partial charge >= 0.3 is 6.18 Å². The van der Waals surface area contributed by atoms with Crippen molar-refractivity contribution in [1.29, 1.82) is 0 Å². The number of alkyl halides is 3. The highest BCUT2D eigenvalue weighted by atomic mass is 19.4. The van der Waals surface area contributed by atoms with Gasteiger partial charge in [0, 0.05) is 18.8 Å². The Bertz CT molecular complexity index is 426. The largest absolute Gasteiger partial charge is 0.418 e. The summed E-state index contributed by atoms with van der Waals surface area (Å²) in [5.41, 5.74) is 0.145. The molecule has 0 atom stereocenters. The fourth-order valence-corrected chi connectivity index (χ4v) is 2.07. The number of nitrogens with zero attached hydrogens (tertiary/aromatic N) is 1. The summed E-state index contributed by atoms with van der Waals surface area (Å²) < 4.78 is 39.7. The molecule has 1 nitrogen and oxygen atoms in total. The average Bonchev–Trinajstić information content (AvgIpc) is 2.28. The average molecular weight is 273 g/mol. The maximum atomic E-state index is 13.2. The van der Waals surface area contributed by atoms with E-state index in [9.17, 15) is 13.2 Å². The van der Waals surface area contributed by atoms with E-state index in [1.54, 1.807) is 17.0 Å². The van der Waals surface area contributed by atoms with Crippen LogP contribution in [-0.4, -0.2) is 13.1 Å². The molecule has 0 fully saturated rings. The number of anilines is 1. The summed E-state index contributed by atoms with van der Waals surface area (Å²) in [7, 11) is 0. The van der Waals surface area contributed by atoms with Gasteiger partial charge in [-0.1, -0.05) is 26.8 Å². The summed E-state index contributed by atoms with van der Waals surface area (Å²) in [6.07, 6.45) is -4.32. The van der Waals surface area contributed by atoms with Crippen LogP contribution >= 0.6 is 0 Å². The second-order valence-corrected chi connectivity index (χ2v) is 5.65. The summed E-state index contributed by atoms with van der Waals surface area (Å²) in [6, 6.07) is 4.67. The van der Waals surface area contributed by atoms with E-state index >= 15 is 0 Å². The van der Waals surface area contributed by atoms with Gasteiger partial charge in [0.2, 0.25) is 0 Å². The Kier molecular flexibility index (Phi) is 4.54. The molecule has 1 aromatic rings. The van der Waals surface area contributed by atoms with Crippen LogP contribution in [0.2, 0.25) is 0 Å². The number of hydrogen-bond acceptors (Lipinski definition) is 1. The van der Waals surface area contributed by atoms with E-state index < -0.39 is 11.7 Å². The molecule has 0 bridgehead atoms. The summed E-state index contributed by atoms with van der Waals surface area (Å²) in [5, 5.41) is 0. The zero-order valence-corrected chi connectivity index (χ0v) is 12.2. The van der Waals surface area contributed by atoms with Crippen LogP contribution in [0.15, 0.2) is 18.2 Å². The predicted molar refractivity (Wildman–Crippen MR) is 73.7 cm³/mol. The lowest BCUT2D eigenvalue weighted by Crippen LogP contribution is -2.26. The Hall–Kier alpha value is -1.19. The Morgan fingerprint density at radius 1 is 1.00 bits per heavy atom. The van der Waals surface area contributed by atoms with Gasteiger partial charge in [0.25, 0.3) is 0 Å². The Balaban J connectivity index is 3.41. The van der Waals surface area contributed by atoms with Gasteiger partial charge in [-0.05, 0) is 37.0 Å². The van der Waals surface area contributed by atoms with E-state index in [0.717, 1.165) is 0 Å². The number of rotatable bonds is 3. The van der Waals surface area contributed by atoms with Gasteiger partial charge < -0.3 is 4.90 Å². The molecule has 0 unspecified atom stereocenters. The number of hydrogen-bond donors (Lipinski definition) is 0. The van der Waals surface area contributed by atoms with Gasteiger partial charge in [0.05, 0.1) is 5.56 Å². The molecular weight excluding hydrogens is 251 g/mol. The van der Waals surface area contributed by atoms with Gasteiger partial charge in [-0.3, -0.25) is 0 Å². The molecule has 0 N–H and O–H groups in total. The van der Waals surface area contributed by atoms with Crippen molar-refractivity contribution in [3.63, 3.8) is 0 Å². The highest BCUT2D eigenvalue weighted by Gasteiger charge is 2.35. The normalized spacial score (nSPS) is 12.6. The highest BCUT2D eigenvalue weighted by Crippen LogP contribution is 2.39. The van der Waals surface area contributed by atoms with E-state index in [4.69, 9.17) is 0 Å². The fraction of sp³-hybridized carbons (Fsp3) is 0.600. The molecular formula is C15H22F3N. The molecule has 0 aliphatic heterocycles. The second kappa shape index (κ2) is 5.43. The molecule has 0 aromatic heterocycles. The van der Waals surface area contributed by atoms with Gasteiger partial charge in [0.1, 0.15) is 0 Å². The van der Waals surface area contributed by atoms with E-state index in [2.05, 4.69) is 0 Å². The van der Waals surface area contributed by atoms with Crippen LogP contribution in [0.3, 0.4) is 0 Å². The summed E-state index contributed by atoms with van der Waals surface area (Å²) >= 11 is 0. The molecule has 19 heavy (non-hydrogen) atoms. The molecule has 1 rings (SSSR count). The van der Waals surface area contributed by atoms with Gasteiger partial charge in [-0.2, -0.15) is 13.2 Å². The first kappa shape index (κ1) is 15.9. The zero-order valence-electron chi connectivity index (χ0n) is 12.2. The second-order valence-electron chi connectivity index (χ2n) is 5.65. The zero-order chi connectivity index (χ0) is 14.8. The Labute approximate surface area is 113 Å². The first-order valence-electron chi connectivity index (χ1n) is 6.58. The minimum Gasteiger partial charge on any atom is -0.372 e. The van der Waals surface area contributed by atoms with Crippen molar-refractivity contribution in [2.24, 2.45) is 0 Å². The lowest BCUT2D eigenvalue weighted by atomic mass is 9.85. The molecule has 0 amide bonds. The van der Waals surface area contributed by atoms with Crippen LogP contribution in [0.5, 0.6) is 0 Å². The van der Waals surface area contributed by atoms with E-state index in [1.165, 1.54) is 6.07 Å². The first-order chi connectivity index (χ1) is 8.61.